The number of nitrogens with one attached hydrogen (secondary N) is 2. The lowest BCUT2D eigenvalue weighted by molar-refractivity contribution is 0.0979. The molecule has 1 amide bonds. The number of carbonyl (C=O) groups is 1. The quantitative estimate of drug-likeness (QED) is 0.267. The monoisotopic (exact) mass is 574 g/mol. The molecule has 9 heteroatoms. The van der Waals surface area contributed by atoms with E-state index in [1.807, 2.05) is 42.5 Å². The van der Waals surface area contributed by atoms with Crippen molar-refractivity contribution in [2.75, 3.05) is 19.3 Å². The van der Waals surface area contributed by atoms with Gasteiger partial charge in [0.1, 0.15) is 0 Å². The van der Waals surface area contributed by atoms with Crippen LogP contribution in [-0.4, -0.2) is 44.0 Å². The van der Waals surface area contributed by atoms with Crippen molar-refractivity contribution in [3.8, 4) is 11.1 Å². The van der Waals surface area contributed by atoms with Gasteiger partial charge in [0.2, 0.25) is 10.0 Å². The molecule has 204 valence electrons. The highest BCUT2D eigenvalue weighted by atomic mass is 35.5. The van der Waals surface area contributed by atoms with Crippen molar-refractivity contribution < 1.29 is 18.3 Å². The fourth-order valence-electron chi connectivity index (χ4n) is 4.52. The molecule has 4 rings (SSSR count). The van der Waals surface area contributed by atoms with Crippen LogP contribution in [-0.2, 0) is 16.4 Å². The summed E-state index contributed by atoms with van der Waals surface area (Å²) in [6.45, 7) is 1.26. The van der Waals surface area contributed by atoms with Gasteiger partial charge in [0.25, 0.3) is 5.91 Å². The molecule has 0 radical (unpaired) electrons. The van der Waals surface area contributed by atoms with Gasteiger partial charge in [-0.15, -0.1) is 24.2 Å². The summed E-state index contributed by atoms with van der Waals surface area (Å²) in [6, 6.07) is 23.6. The van der Waals surface area contributed by atoms with E-state index in [0.29, 0.717) is 17.4 Å². The second-order valence-corrected chi connectivity index (χ2v) is 12.6. The smallest absolute Gasteiger partial charge is 0.265 e. The predicted molar refractivity (Wildman–Crippen MR) is 158 cm³/mol. The first-order valence-electron chi connectivity index (χ1n) is 12.6. The van der Waals surface area contributed by atoms with Gasteiger partial charge in [-0.1, -0.05) is 73.5 Å². The number of benzene rings is 3. The molecule has 0 heterocycles. The summed E-state index contributed by atoms with van der Waals surface area (Å²) in [5.74, 6) is -0.588. The molecule has 38 heavy (non-hydrogen) atoms. The van der Waals surface area contributed by atoms with Crippen molar-refractivity contribution in [3.05, 3.63) is 89.5 Å². The van der Waals surface area contributed by atoms with E-state index >= 15 is 0 Å². The molecule has 6 nitrogen and oxygen atoms in total. The van der Waals surface area contributed by atoms with Crippen molar-refractivity contribution >= 4 is 40.1 Å². The number of hydrogen-bond acceptors (Lipinski definition) is 6. The Kier molecular flexibility index (Phi) is 11.2. The number of sulfonamides is 1. The maximum Gasteiger partial charge on any atom is 0.265 e. The highest BCUT2D eigenvalue weighted by Gasteiger charge is 2.22. The molecule has 0 aliphatic heterocycles. The number of halogens is 1. The molecule has 3 aromatic rings. The normalized spacial score (nSPS) is 14.6. The maximum absolute atomic E-state index is 12.7. The lowest BCUT2D eigenvalue weighted by Gasteiger charge is -2.15. The number of aliphatic hydroxyl groups is 1. The average Bonchev–Trinajstić information content (AvgIpc) is 3.39. The van der Waals surface area contributed by atoms with Crippen LogP contribution in [0.2, 0.25) is 0 Å². The van der Waals surface area contributed by atoms with Gasteiger partial charge in [0.15, 0.2) is 0 Å². The SMILES string of the molecule is CS(=O)(=O)NC(=O)c1ccc(-c2ccc(CCNC[C@H](O)c3ccccc3)cc2)cc1SC1CCCC1.Cl. The van der Waals surface area contributed by atoms with Crippen molar-refractivity contribution in [3.63, 3.8) is 0 Å². The lowest BCUT2D eigenvalue weighted by atomic mass is 10.0. The van der Waals surface area contributed by atoms with Gasteiger partial charge < -0.3 is 10.4 Å². The van der Waals surface area contributed by atoms with E-state index in [1.54, 1.807) is 17.8 Å². The minimum atomic E-state index is -3.64. The largest absolute Gasteiger partial charge is 0.387 e. The minimum absolute atomic E-state index is 0. The molecule has 0 unspecified atom stereocenters. The van der Waals surface area contributed by atoms with Crippen LogP contribution in [0.4, 0.5) is 0 Å². The number of thioether (sulfide) groups is 1. The molecule has 1 aliphatic carbocycles. The second kappa shape index (κ2) is 14.1. The summed E-state index contributed by atoms with van der Waals surface area (Å²) in [6.07, 6.45) is 5.89. The zero-order chi connectivity index (χ0) is 26.3. The van der Waals surface area contributed by atoms with Gasteiger partial charge in [-0.25, -0.2) is 13.1 Å². The summed E-state index contributed by atoms with van der Waals surface area (Å²) in [5, 5.41) is 14.0. The zero-order valence-corrected chi connectivity index (χ0v) is 23.9. The lowest BCUT2D eigenvalue weighted by Crippen LogP contribution is -2.29. The van der Waals surface area contributed by atoms with Gasteiger partial charge in [-0.2, -0.15) is 0 Å². The standard InChI is InChI=1S/C29H34N2O4S2.ClH/c1-37(34,35)31-29(33)26-16-15-24(19-28(26)36-25-9-5-6-10-25)22-13-11-21(12-14-22)17-18-30-20-27(32)23-7-3-2-4-8-23;/h2-4,7-8,11-16,19,25,27,30,32H,5-6,9-10,17-18,20H2,1H3,(H,31,33);1H/t27-;/m0./s1. The predicted octanol–water partition coefficient (Wildman–Crippen LogP) is 5.37. The Bertz CT molecular complexity index is 1300. The van der Waals surface area contributed by atoms with Gasteiger partial charge in [-0.3, -0.25) is 4.79 Å². The van der Waals surface area contributed by atoms with Crippen LogP contribution in [0.15, 0.2) is 77.7 Å². The Labute approximate surface area is 236 Å². The molecule has 0 aromatic heterocycles. The maximum atomic E-state index is 12.7. The molecule has 1 saturated carbocycles. The number of aliphatic hydroxyl groups excluding tert-OH is 1. The Morgan fingerprint density at radius 2 is 1.66 bits per heavy atom. The topological polar surface area (TPSA) is 95.5 Å². The number of amides is 1. The first-order valence-corrected chi connectivity index (χ1v) is 15.4. The summed E-state index contributed by atoms with van der Waals surface area (Å²) < 4.78 is 25.4. The molecule has 0 saturated heterocycles. The molecule has 1 atom stereocenters. The number of rotatable bonds is 11. The molecule has 0 spiro atoms. The van der Waals surface area contributed by atoms with Crippen LogP contribution in [0.5, 0.6) is 0 Å². The van der Waals surface area contributed by atoms with Crippen LogP contribution in [0, 0.1) is 0 Å². The van der Waals surface area contributed by atoms with E-state index in [2.05, 4.69) is 34.3 Å². The Morgan fingerprint density at radius 3 is 2.32 bits per heavy atom. The molecule has 3 N–H and O–H groups in total. The van der Waals surface area contributed by atoms with E-state index in [9.17, 15) is 18.3 Å². The molecular weight excluding hydrogens is 540 g/mol. The second-order valence-electron chi connectivity index (χ2n) is 9.52. The Balaban J connectivity index is 0.00000400. The zero-order valence-electron chi connectivity index (χ0n) is 21.4. The van der Waals surface area contributed by atoms with E-state index in [-0.39, 0.29) is 12.4 Å². The van der Waals surface area contributed by atoms with Crippen molar-refractivity contribution in [2.45, 2.75) is 48.4 Å². The first-order chi connectivity index (χ1) is 17.8. The summed E-state index contributed by atoms with van der Waals surface area (Å²) in [5.41, 5.74) is 4.53. The Hall–Kier alpha value is -2.36. The Morgan fingerprint density at radius 1 is 1.00 bits per heavy atom. The highest BCUT2D eigenvalue weighted by Crippen LogP contribution is 2.38. The van der Waals surface area contributed by atoms with E-state index in [1.165, 1.54) is 18.4 Å². The van der Waals surface area contributed by atoms with Crippen LogP contribution in [0.1, 0.15) is 53.3 Å². The van der Waals surface area contributed by atoms with Crippen LogP contribution >= 0.6 is 24.2 Å². The summed E-state index contributed by atoms with van der Waals surface area (Å²) >= 11 is 1.67. The molecule has 3 aromatic carbocycles. The fraction of sp³-hybridized carbons (Fsp3) is 0.345. The summed E-state index contributed by atoms with van der Waals surface area (Å²) in [7, 11) is -3.64. The average molecular weight is 575 g/mol. The van der Waals surface area contributed by atoms with Crippen LogP contribution < -0.4 is 10.0 Å². The number of hydrogen-bond donors (Lipinski definition) is 3. The van der Waals surface area contributed by atoms with Gasteiger partial charge in [0, 0.05) is 16.7 Å². The van der Waals surface area contributed by atoms with Gasteiger partial charge in [0.05, 0.1) is 17.9 Å². The third-order valence-corrected chi connectivity index (χ3v) is 8.45. The van der Waals surface area contributed by atoms with Crippen molar-refractivity contribution in [1.29, 1.82) is 0 Å². The van der Waals surface area contributed by atoms with Crippen molar-refractivity contribution in [2.24, 2.45) is 0 Å². The third kappa shape index (κ3) is 8.85. The highest BCUT2D eigenvalue weighted by molar-refractivity contribution is 8.00. The molecule has 0 bridgehead atoms. The molecule has 1 aliphatic rings. The van der Waals surface area contributed by atoms with Gasteiger partial charge in [-0.05, 0) is 60.2 Å². The minimum Gasteiger partial charge on any atom is -0.387 e. The third-order valence-electron chi connectivity index (χ3n) is 6.50. The molecular formula is C29H35ClN2O4S2. The van der Waals surface area contributed by atoms with Crippen LogP contribution in [0.3, 0.4) is 0 Å². The van der Waals surface area contributed by atoms with E-state index in [0.717, 1.165) is 53.6 Å². The first kappa shape index (κ1) is 30.2. The van der Waals surface area contributed by atoms with E-state index in [4.69, 9.17) is 0 Å². The fourth-order valence-corrected chi connectivity index (χ4v) is 6.38. The summed E-state index contributed by atoms with van der Waals surface area (Å²) in [4.78, 5) is 13.5. The van der Waals surface area contributed by atoms with E-state index < -0.39 is 22.0 Å². The number of carbonyl (C=O) groups excluding carboxylic acids is 1. The molecule has 1 fully saturated rings. The van der Waals surface area contributed by atoms with Gasteiger partial charge >= 0.3 is 0 Å². The van der Waals surface area contributed by atoms with Crippen molar-refractivity contribution in [1.82, 2.24) is 10.0 Å². The van der Waals surface area contributed by atoms with Crippen LogP contribution in [0.25, 0.3) is 11.1 Å².